The van der Waals surface area contributed by atoms with E-state index in [0.717, 1.165) is 0 Å². The van der Waals surface area contributed by atoms with E-state index in [2.05, 4.69) is 0 Å². The maximum Gasteiger partial charge on any atom is 0.344 e. The van der Waals surface area contributed by atoms with Crippen molar-refractivity contribution in [3.8, 4) is 11.5 Å². The maximum atomic E-state index is 12.8. The molecule has 10 unspecified atom stereocenters. The van der Waals surface area contributed by atoms with E-state index in [4.69, 9.17) is 23.4 Å². The molecule has 220 valence electrons. The fourth-order valence-corrected chi connectivity index (χ4v) is 4.61. The second-order valence-corrected chi connectivity index (χ2v) is 9.46. The Hall–Kier alpha value is -3.87. The quantitative estimate of drug-likeness (QED) is 0.110. The molecular weight excluding hydrogens is 556 g/mol. The van der Waals surface area contributed by atoms with Gasteiger partial charge in [-0.3, -0.25) is 0 Å². The summed E-state index contributed by atoms with van der Waals surface area (Å²) in [5.41, 5.74) is -0.834. The molecule has 5 rings (SSSR count). The molecule has 2 fully saturated rings. The third-order valence-electron chi connectivity index (χ3n) is 6.79. The minimum Gasteiger partial charge on any atom is -0.479 e. The van der Waals surface area contributed by atoms with Gasteiger partial charge in [-0.05, 0) is 30.3 Å². The number of aliphatic hydroxyl groups is 6. The first-order valence-electron chi connectivity index (χ1n) is 12.1. The minimum absolute atomic E-state index is 0.0109. The summed E-state index contributed by atoms with van der Waals surface area (Å²) in [5.74, 6) is -3.27. The first-order valence-corrected chi connectivity index (χ1v) is 12.1. The van der Waals surface area contributed by atoms with Crippen molar-refractivity contribution in [1.82, 2.24) is 0 Å². The summed E-state index contributed by atoms with van der Waals surface area (Å²) in [6.45, 7) is 0. The summed E-state index contributed by atoms with van der Waals surface area (Å²) in [6, 6.07) is 8.20. The van der Waals surface area contributed by atoms with Gasteiger partial charge >= 0.3 is 17.6 Å². The van der Waals surface area contributed by atoms with Crippen molar-refractivity contribution >= 4 is 33.7 Å². The molecular formula is C25H24O16. The third-order valence-corrected chi connectivity index (χ3v) is 6.79. The van der Waals surface area contributed by atoms with Gasteiger partial charge in [-0.2, -0.15) is 0 Å². The van der Waals surface area contributed by atoms with Gasteiger partial charge < -0.3 is 64.2 Å². The molecule has 2 aliphatic heterocycles. The van der Waals surface area contributed by atoms with E-state index < -0.39 is 79.0 Å². The van der Waals surface area contributed by atoms with Crippen molar-refractivity contribution in [2.45, 2.75) is 61.4 Å². The maximum absolute atomic E-state index is 12.8. The summed E-state index contributed by atoms with van der Waals surface area (Å²) >= 11 is 0. The largest absolute Gasteiger partial charge is 0.479 e. The smallest absolute Gasteiger partial charge is 0.344 e. The van der Waals surface area contributed by atoms with E-state index in [1.54, 1.807) is 0 Å². The van der Waals surface area contributed by atoms with Crippen LogP contribution in [0.3, 0.4) is 0 Å². The van der Waals surface area contributed by atoms with Gasteiger partial charge in [0.15, 0.2) is 12.2 Å². The van der Waals surface area contributed by atoms with Crippen LogP contribution in [0.1, 0.15) is 0 Å². The van der Waals surface area contributed by atoms with Gasteiger partial charge in [0, 0.05) is 16.8 Å². The van der Waals surface area contributed by atoms with Crippen molar-refractivity contribution in [1.29, 1.82) is 0 Å². The number of hydrogen-bond acceptors (Lipinski definition) is 14. The van der Waals surface area contributed by atoms with Crippen molar-refractivity contribution in [2.24, 2.45) is 0 Å². The third kappa shape index (κ3) is 5.18. The molecule has 3 aromatic rings. The van der Waals surface area contributed by atoms with E-state index in [-0.39, 0.29) is 22.5 Å². The Labute approximate surface area is 227 Å². The van der Waals surface area contributed by atoms with Gasteiger partial charge in [-0.25, -0.2) is 14.4 Å². The second kappa shape index (κ2) is 10.8. The van der Waals surface area contributed by atoms with Gasteiger partial charge in [0.1, 0.15) is 53.7 Å². The van der Waals surface area contributed by atoms with Crippen LogP contribution >= 0.6 is 0 Å². The summed E-state index contributed by atoms with van der Waals surface area (Å²) in [5, 5.41) is 79.1. The highest BCUT2D eigenvalue weighted by molar-refractivity contribution is 6.04. The van der Waals surface area contributed by atoms with Gasteiger partial charge in [0.2, 0.25) is 12.6 Å². The number of aliphatic carboxylic acids is 2. The van der Waals surface area contributed by atoms with Crippen LogP contribution in [0, 0.1) is 0 Å². The molecule has 0 amide bonds. The molecule has 16 nitrogen and oxygen atoms in total. The van der Waals surface area contributed by atoms with Crippen LogP contribution in [0.25, 0.3) is 21.7 Å². The number of fused-ring (bicyclic) bond motifs is 3. The summed E-state index contributed by atoms with van der Waals surface area (Å²) < 4.78 is 26.5. The Bertz CT molecular complexity index is 1540. The number of hydrogen-bond donors (Lipinski definition) is 8. The summed E-state index contributed by atoms with van der Waals surface area (Å²) in [7, 11) is 0. The molecule has 2 aromatic carbocycles. The molecule has 16 heteroatoms. The summed E-state index contributed by atoms with van der Waals surface area (Å²) in [6.07, 6.45) is -18.3. The lowest BCUT2D eigenvalue weighted by molar-refractivity contribution is -0.271. The molecule has 0 spiro atoms. The van der Waals surface area contributed by atoms with Crippen LogP contribution in [0.15, 0.2) is 45.6 Å². The lowest BCUT2D eigenvalue weighted by atomic mass is 9.99. The second-order valence-electron chi connectivity index (χ2n) is 9.46. The monoisotopic (exact) mass is 580 g/mol. The van der Waals surface area contributed by atoms with Crippen molar-refractivity contribution < 1.29 is 73.8 Å². The Morgan fingerprint density at radius 1 is 0.610 bits per heavy atom. The number of ether oxygens (including phenoxy) is 4. The van der Waals surface area contributed by atoms with Crippen molar-refractivity contribution in [3.05, 3.63) is 46.8 Å². The molecule has 3 heterocycles. The van der Waals surface area contributed by atoms with Gasteiger partial charge in [0.25, 0.3) is 0 Å². The van der Waals surface area contributed by atoms with Crippen LogP contribution in [0.5, 0.6) is 11.5 Å². The topological polar surface area (TPSA) is 263 Å². The van der Waals surface area contributed by atoms with Gasteiger partial charge in [-0.1, -0.05) is 0 Å². The van der Waals surface area contributed by atoms with Crippen LogP contribution in [0.2, 0.25) is 0 Å². The Morgan fingerprint density at radius 2 is 1.07 bits per heavy atom. The zero-order valence-electron chi connectivity index (χ0n) is 20.6. The number of carboxylic acids is 2. The molecule has 10 atom stereocenters. The van der Waals surface area contributed by atoms with Crippen molar-refractivity contribution in [3.63, 3.8) is 0 Å². The number of aliphatic hydroxyl groups excluding tert-OH is 6. The first kappa shape index (κ1) is 28.7. The molecule has 0 bridgehead atoms. The molecule has 0 aliphatic carbocycles. The summed E-state index contributed by atoms with van der Waals surface area (Å²) in [4.78, 5) is 35.4. The fraction of sp³-hybridized carbons (Fsp3) is 0.400. The lowest BCUT2D eigenvalue weighted by Crippen LogP contribution is -2.61. The van der Waals surface area contributed by atoms with Crippen LogP contribution < -0.4 is 15.1 Å². The zero-order valence-corrected chi connectivity index (χ0v) is 20.6. The fourth-order valence-electron chi connectivity index (χ4n) is 4.61. The van der Waals surface area contributed by atoms with Crippen LogP contribution in [-0.2, 0) is 19.1 Å². The van der Waals surface area contributed by atoms with E-state index in [0.29, 0.717) is 10.8 Å². The zero-order chi connectivity index (χ0) is 29.7. The van der Waals surface area contributed by atoms with E-state index >= 15 is 0 Å². The molecule has 0 saturated carbocycles. The average molecular weight is 580 g/mol. The molecule has 0 radical (unpaired) electrons. The predicted octanol–water partition coefficient (Wildman–Crippen LogP) is -2.51. The number of benzene rings is 2. The Balaban J connectivity index is 1.40. The highest BCUT2D eigenvalue weighted by Gasteiger charge is 2.49. The highest BCUT2D eigenvalue weighted by atomic mass is 16.7. The molecule has 8 N–H and O–H groups in total. The first-order chi connectivity index (χ1) is 19.4. The number of carboxylic acid groups (broad SMARTS) is 2. The molecule has 41 heavy (non-hydrogen) atoms. The van der Waals surface area contributed by atoms with E-state index in [1.165, 1.54) is 36.4 Å². The van der Waals surface area contributed by atoms with E-state index in [1.807, 2.05) is 0 Å². The SMILES string of the molecule is O=C(O)C1OC(Oc2ccc3c(c2)oc(=O)c2cc(OC4OC(C(=O)O)C(O)C(O)C4O)ccc23)C(O)C(O)C1O. The average Bonchev–Trinajstić information content (AvgIpc) is 2.93. The Morgan fingerprint density at radius 3 is 1.56 bits per heavy atom. The van der Waals surface area contributed by atoms with Crippen LogP contribution in [0.4, 0.5) is 0 Å². The lowest BCUT2D eigenvalue weighted by Gasteiger charge is -2.38. The van der Waals surface area contributed by atoms with Gasteiger partial charge in [0.05, 0.1) is 5.39 Å². The molecule has 2 aliphatic rings. The standard InChI is InChI=1S/C25H24O16/c26-13-15(28)19(21(32)33)40-24(17(13)30)37-7-1-3-9-10-4-2-8(6-12(10)39-23(36)11(9)5-7)38-25-18(31)14(27)16(29)20(41-25)22(34)35/h1-6,13-20,24-31H,(H,32,33)(H,34,35). The minimum atomic E-state index is -1.91. The molecule has 1 aromatic heterocycles. The molecule has 2 saturated heterocycles. The van der Waals surface area contributed by atoms with Crippen LogP contribution in [-0.4, -0.2) is 114 Å². The number of carbonyl (C=O) groups is 2. The van der Waals surface area contributed by atoms with Gasteiger partial charge in [-0.15, -0.1) is 0 Å². The number of rotatable bonds is 6. The predicted molar refractivity (Wildman–Crippen MR) is 130 cm³/mol. The Kier molecular flexibility index (Phi) is 7.58. The highest BCUT2D eigenvalue weighted by Crippen LogP contribution is 2.32. The van der Waals surface area contributed by atoms with E-state index in [9.17, 15) is 55.2 Å². The normalized spacial score (nSPS) is 33.9. The van der Waals surface area contributed by atoms with Crippen molar-refractivity contribution in [2.75, 3.05) is 0 Å².